The van der Waals surface area contributed by atoms with Gasteiger partial charge in [-0.3, -0.25) is 4.79 Å². The summed E-state index contributed by atoms with van der Waals surface area (Å²) >= 11 is 0. The topological polar surface area (TPSA) is 78.4 Å². The van der Waals surface area contributed by atoms with Crippen LogP contribution in [-0.2, 0) is 4.79 Å². The van der Waals surface area contributed by atoms with Gasteiger partial charge in [0.25, 0.3) is 0 Å². The van der Waals surface area contributed by atoms with Gasteiger partial charge in [-0.15, -0.1) is 12.3 Å². The first-order valence-electron chi connectivity index (χ1n) is 7.77. The molecule has 0 aliphatic heterocycles. The number of aliphatic carboxylic acids is 1. The summed E-state index contributed by atoms with van der Waals surface area (Å²) < 4.78 is 0. The Hall–Kier alpha value is -1.70. The third kappa shape index (κ3) is 13.1. The van der Waals surface area contributed by atoms with Crippen LogP contribution in [0.2, 0.25) is 0 Å². The van der Waals surface area contributed by atoms with Crippen LogP contribution in [0.15, 0.2) is 0 Å². The van der Waals surface area contributed by atoms with E-state index in [0.29, 0.717) is 25.4 Å². The van der Waals surface area contributed by atoms with E-state index in [2.05, 4.69) is 23.5 Å². The zero-order valence-corrected chi connectivity index (χ0v) is 13.0. The molecule has 1 atom stereocenters. The van der Waals surface area contributed by atoms with Gasteiger partial charge in [-0.05, 0) is 31.6 Å². The van der Waals surface area contributed by atoms with Crippen LogP contribution >= 0.6 is 0 Å². The van der Waals surface area contributed by atoms with Crippen molar-refractivity contribution in [1.82, 2.24) is 10.6 Å². The fourth-order valence-electron chi connectivity index (χ4n) is 2.18. The van der Waals surface area contributed by atoms with Crippen molar-refractivity contribution in [2.75, 3.05) is 13.1 Å². The van der Waals surface area contributed by atoms with E-state index >= 15 is 0 Å². The normalized spacial score (nSPS) is 11.4. The minimum absolute atomic E-state index is 0.163. The molecule has 5 nitrogen and oxygen atoms in total. The molecule has 0 saturated carbocycles. The lowest BCUT2D eigenvalue weighted by Crippen LogP contribution is -2.37. The Morgan fingerprint density at radius 3 is 2.48 bits per heavy atom. The lowest BCUT2D eigenvalue weighted by Gasteiger charge is -2.15. The number of nitrogens with one attached hydrogen (secondary N) is 2. The number of urea groups is 1. The van der Waals surface area contributed by atoms with Crippen LogP contribution in [0.4, 0.5) is 4.79 Å². The number of carboxylic acid groups (broad SMARTS) is 1. The molecule has 0 aromatic heterocycles. The molecule has 120 valence electrons. The van der Waals surface area contributed by atoms with Crippen LogP contribution in [0, 0.1) is 18.3 Å². The SMILES string of the molecule is C#CCCCCNC(=O)NCCC(CCC)CCC(=O)O. The van der Waals surface area contributed by atoms with Gasteiger partial charge >= 0.3 is 12.0 Å². The summed E-state index contributed by atoms with van der Waals surface area (Å²) in [6.45, 7) is 3.30. The van der Waals surface area contributed by atoms with Crippen LogP contribution in [0.3, 0.4) is 0 Å². The van der Waals surface area contributed by atoms with Gasteiger partial charge in [-0.1, -0.05) is 19.8 Å². The standard InChI is InChI=1S/C16H28N2O3/c1-3-5-6-7-12-17-16(21)18-13-11-14(8-4-2)9-10-15(19)20/h1,14H,4-13H2,2H3,(H,19,20)(H2,17,18,21). The third-order valence-corrected chi connectivity index (χ3v) is 3.33. The second kappa shape index (κ2) is 13.3. The molecule has 0 aliphatic rings. The van der Waals surface area contributed by atoms with E-state index in [9.17, 15) is 9.59 Å². The van der Waals surface area contributed by atoms with E-state index in [4.69, 9.17) is 11.5 Å². The Bertz CT molecular complexity index is 337. The molecule has 2 amide bonds. The molecule has 3 N–H and O–H groups in total. The van der Waals surface area contributed by atoms with Crippen molar-refractivity contribution in [1.29, 1.82) is 0 Å². The zero-order valence-electron chi connectivity index (χ0n) is 13.0. The molecule has 5 heteroatoms. The van der Waals surface area contributed by atoms with E-state index in [1.807, 2.05) is 0 Å². The molecular weight excluding hydrogens is 268 g/mol. The summed E-state index contributed by atoms with van der Waals surface area (Å²) in [5.74, 6) is 2.17. The highest BCUT2D eigenvalue weighted by Crippen LogP contribution is 2.17. The summed E-state index contributed by atoms with van der Waals surface area (Å²) in [7, 11) is 0. The number of terminal acetylenes is 1. The smallest absolute Gasteiger partial charge is 0.314 e. The summed E-state index contributed by atoms with van der Waals surface area (Å²) in [6, 6.07) is -0.163. The van der Waals surface area contributed by atoms with Gasteiger partial charge in [0.1, 0.15) is 0 Å². The van der Waals surface area contributed by atoms with Crippen molar-refractivity contribution in [3.8, 4) is 12.3 Å². The van der Waals surface area contributed by atoms with Gasteiger partial charge in [0.15, 0.2) is 0 Å². The first-order valence-corrected chi connectivity index (χ1v) is 7.77. The van der Waals surface area contributed by atoms with Gasteiger partial charge in [0.2, 0.25) is 0 Å². The van der Waals surface area contributed by atoms with Crippen molar-refractivity contribution in [3.05, 3.63) is 0 Å². The van der Waals surface area contributed by atoms with Crippen LogP contribution in [0.1, 0.15) is 58.3 Å². The third-order valence-electron chi connectivity index (χ3n) is 3.33. The molecule has 0 spiro atoms. The predicted molar refractivity (Wildman–Crippen MR) is 84.0 cm³/mol. The predicted octanol–water partition coefficient (Wildman–Crippen LogP) is 2.76. The molecule has 0 aromatic carbocycles. The number of carbonyl (C=O) groups is 2. The number of carboxylic acids is 1. The van der Waals surface area contributed by atoms with Crippen molar-refractivity contribution in [3.63, 3.8) is 0 Å². The second-order valence-electron chi connectivity index (χ2n) is 5.22. The van der Waals surface area contributed by atoms with Gasteiger partial charge in [0.05, 0.1) is 0 Å². The number of hydrogen-bond donors (Lipinski definition) is 3. The molecule has 1 unspecified atom stereocenters. The molecule has 0 heterocycles. The Labute approximate surface area is 127 Å². The molecule has 0 aliphatic carbocycles. The molecule has 0 aromatic rings. The van der Waals surface area contributed by atoms with Crippen LogP contribution in [0.25, 0.3) is 0 Å². The van der Waals surface area contributed by atoms with Crippen LogP contribution < -0.4 is 10.6 Å². The van der Waals surface area contributed by atoms with Gasteiger partial charge in [-0.2, -0.15) is 0 Å². The Morgan fingerprint density at radius 1 is 1.14 bits per heavy atom. The molecule has 0 fully saturated rings. The van der Waals surface area contributed by atoms with E-state index in [1.165, 1.54) is 0 Å². The summed E-state index contributed by atoms with van der Waals surface area (Å²) in [5, 5.41) is 14.3. The zero-order chi connectivity index (χ0) is 15.9. The Morgan fingerprint density at radius 2 is 1.86 bits per heavy atom. The minimum atomic E-state index is -0.756. The number of rotatable bonds is 12. The Balaban J connectivity index is 3.69. The van der Waals surface area contributed by atoms with Crippen molar-refractivity contribution in [2.24, 2.45) is 5.92 Å². The highest BCUT2D eigenvalue weighted by atomic mass is 16.4. The van der Waals surface area contributed by atoms with Gasteiger partial charge in [-0.25, -0.2) is 4.79 Å². The maximum absolute atomic E-state index is 11.5. The van der Waals surface area contributed by atoms with Gasteiger partial charge < -0.3 is 15.7 Å². The summed E-state index contributed by atoms with van der Waals surface area (Å²) in [5.41, 5.74) is 0. The quantitative estimate of drug-likeness (QED) is 0.383. The first kappa shape index (κ1) is 19.3. The lowest BCUT2D eigenvalue weighted by atomic mass is 9.94. The lowest BCUT2D eigenvalue weighted by molar-refractivity contribution is -0.137. The number of carbonyl (C=O) groups excluding carboxylic acids is 1. The highest BCUT2D eigenvalue weighted by molar-refractivity contribution is 5.73. The monoisotopic (exact) mass is 296 g/mol. The molecular formula is C16H28N2O3. The van der Waals surface area contributed by atoms with E-state index in [1.54, 1.807) is 0 Å². The molecule has 0 rings (SSSR count). The van der Waals surface area contributed by atoms with Gasteiger partial charge in [0, 0.05) is 25.9 Å². The highest BCUT2D eigenvalue weighted by Gasteiger charge is 2.10. The van der Waals surface area contributed by atoms with E-state index in [0.717, 1.165) is 38.5 Å². The second-order valence-corrected chi connectivity index (χ2v) is 5.22. The fourth-order valence-corrected chi connectivity index (χ4v) is 2.18. The number of unbranched alkanes of at least 4 members (excludes halogenated alkanes) is 2. The van der Waals surface area contributed by atoms with Crippen LogP contribution in [-0.4, -0.2) is 30.2 Å². The van der Waals surface area contributed by atoms with Crippen LogP contribution in [0.5, 0.6) is 0 Å². The molecule has 0 radical (unpaired) electrons. The first-order chi connectivity index (χ1) is 10.1. The van der Waals surface area contributed by atoms with E-state index in [-0.39, 0.29) is 12.5 Å². The fraction of sp³-hybridized carbons (Fsp3) is 0.750. The molecule has 21 heavy (non-hydrogen) atoms. The van der Waals surface area contributed by atoms with Crippen molar-refractivity contribution < 1.29 is 14.7 Å². The molecule has 0 saturated heterocycles. The maximum atomic E-state index is 11.5. The maximum Gasteiger partial charge on any atom is 0.314 e. The van der Waals surface area contributed by atoms with Crippen molar-refractivity contribution in [2.45, 2.75) is 58.3 Å². The largest absolute Gasteiger partial charge is 0.481 e. The molecule has 0 bridgehead atoms. The van der Waals surface area contributed by atoms with Crippen molar-refractivity contribution >= 4 is 12.0 Å². The van der Waals surface area contributed by atoms with E-state index < -0.39 is 5.97 Å². The summed E-state index contributed by atoms with van der Waals surface area (Å²) in [6.07, 6.45) is 11.4. The number of hydrogen-bond acceptors (Lipinski definition) is 2. The summed E-state index contributed by atoms with van der Waals surface area (Å²) in [4.78, 5) is 22.1. The minimum Gasteiger partial charge on any atom is -0.481 e. The Kier molecular flexibility index (Phi) is 12.2. The average Bonchev–Trinajstić information content (AvgIpc) is 2.44. The number of amides is 2. The average molecular weight is 296 g/mol.